The van der Waals surface area contributed by atoms with Crippen molar-refractivity contribution < 1.29 is 0 Å². The van der Waals surface area contributed by atoms with Gasteiger partial charge in [-0.1, -0.05) is 24.3 Å². The Morgan fingerprint density at radius 3 is 3.08 bits per heavy atom. The number of nitrogens with two attached hydrogens (primary N) is 1. The molecular weight excluding hydrogens is 152 g/mol. The lowest BCUT2D eigenvalue weighted by Gasteiger charge is -2.17. The van der Waals surface area contributed by atoms with Crippen LogP contribution in [0, 0.1) is 0 Å². The molecule has 0 fully saturated rings. The Balaban J connectivity index is 2.43. The predicted molar refractivity (Wildman–Crippen MR) is 45.1 cm³/mol. The zero-order valence-electron chi connectivity index (χ0n) is 6.57. The Hall–Kier alpha value is -1.26. The molecule has 0 spiro atoms. The van der Waals surface area contributed by atoms with Crippen LogP contribution in [0.3, 0.4) is 0 Å². The van der Waals surface area contributed by atoms with Gasteiger partial charge in [0, 0.05) is 0 Å². The van der Waals surface area contributed by atoms with E-state index in [-0.39, 0.29) is 6.17 Å². The lowest BCUT2D eigenvalue weighted by molar-refractivity contribution is 0.521. The Morgan fingerprint density at radius 1 is 1.42 bits per heavy atom. The second-order valence-corrected chi connectivity index (χ2v) is 2.68. The Kier molecular flexibility index (Phi) is 1.85. The van der Waals surface area contributed by atoms with E-state index in [4.69, 9.17) is 5.84 Å². The van der Waals surface area contributed by atoms with Crippen LogP contribution in [0.25, 0.3) is 0 Å². The normalized spacial score (nSPS) is 20.6. The molecule has 0 saturated carbocycles. The average molecular weight is 162 g/mol. The minimum absolute atomic E-state index is 0.171. The molecule has 1 unspecified atom stereocenters. The molecule has 0 aliphatic carbocycles. The van der Waals surface area contributed by atoms with E-state index in [2.05, 4.69) is 15.7 Å². The van der Waals surface area contributed by atoms with Gasteiger partial charge in [0.1, 0.15) is 0 Å². The molecule has 3 N–H and O–H groups in total. The van der Waals surface area contributed by atoms with E-state index in [9.17, 15) is 0 Å². The SMILES string of the molecule is NNC1N=NCc2ccccc21. The van der Waals surface area contributed by atoms with Gasteiger partial charge in [-0.3, -0.25) is 5.84 Å². The topological polar surface area (TPSA) is 62.8 Å². The lowest BCUT2D eigenvalue weighted by atomic mass is 10.0. The third-order valence-corrected chi connectivity index (χ3v) is 1.95. The summed E-state index contributed by atoms with van der Waals surface area (Å²) in [6.45, 7) is 0.661. The Morgan fingerprint density at radius 2 is 2.25 bits per heavy atom. The zero-order chi connectivity index (χ0) is 8.39. The van der Waals surface area contributed by atoms with Gasteiger partial charge < -0.3 is 0 Å². The molecule has 1 aliphatic rings. The fourth-order valence-electron chi connectivity index (χ4n) is 1.33. The van der Waals surface area contributed by atoms with Crippen LogP contribution in [0.4, 0.5) is 0 Å². The summed E-state index contributed by atoms with van der Waals surface area (Å²) in [6, 6.07) is 8.02. The lowest BCUT2D eigenvalue weighted by Crippen LogP contribution is -2.28. The molecular formula is C8H10N4. The van der Waals surface area contributed by atoms with Crippen molar-refractivity contribution in [1.29, 1.82) is 0 Å². The highest BCUT2D eigenvalue weighted by molar-refractivity contribution is 5.30. The number of nitrogens with one attached hydrogen (secondary N) is 1. The summed E-state index contributed by atoms with van der Waals surface area (Å²) in [6.07, 6.45) is -0.171. The number of hydrogen-bond donors (Lipinski definition) is 2. The van der Waals surface area contributed by atoms with Crippen LogP contribution in [0.2, 0.25) is 0 Å². The number of azo groups is 1. The van der Waals surface area contributed by atoms with Crippen LogP contribution in [0.5, 0.6) is 0 Å². The maximum atomic E-state index is 5.31. The predicted octanol–water partition coefficient (Wildman–Crippen LogP) is 1.11. The van der Waals surface area contributed by atoms with Crippen LogP contribution < -0.4 is 11.3 Å². The third kappa shape index (κ3) is 1.11. The quantitative estimate of drug-likeness (QED) is 0.480. The molecule has 4 nitrogen and oxygen atoms in total. The molecule has 2 rings (SSSR count). The molecule has 0 aromatic heterocycles. The number of fused-ring (bicyclic) bond motifs is 1. The van der Waals surface area contributed by atoms with Crippen molar-refractivity contribution in [1.82, 2.24) is 5.43 Å². The molecule has 0 radical (unpaired) electrons. The monoisotopic (exact) mass is 162 g/mol. The average Bonchev–Trinajstić information content (AvgIpc) is 2.17. The van der Waals surface area contributed by atoms with E-state index in [0.29, 0.717) is 6.54 Å². The van der Waals surface area contributed by atoms with E-state index in [1.807, 2.05) is 24.3 Å². The molecule has 1 aromatic carbocycles. The first-order valence-electron chi connectivity index (χ1n) is 3.82. The van der Waals surface area contributed by atoms with Gasteiger partial charge in [0.2, 0.25) is 0 Å². The molecule has 1 atom stereocenters. The number of nitrogens with zero attached hydrogens (tertiary/aromatic N) is 2. The van der Waals surface area contributed by atoms with Gasteiger partial charge in [-0.25, -0.2) is 5.43 Å². The number of hydrazine groups is 1. The molecule has 4 heteroatoms. The number of hydrogen-bond acceptors (Lipinski definition) is 4. The van der Waals surface area contributed by atoms with E-state index in [0.717, 1.165) is 5.56 Å². The van der Waals surface area contributed by atoms with Crippen molar-refractivity contribution in [2.75, 3.05) is 0 Å². The maximum Gasteiger partial charge on any atom is 0.159 e. The van der Waals surface area contributed by atoms with Crippen molar-refractivity contribution in [3.63, 3.8) is 0 Å². The van der Waals surface area contributed by atoms with Gasteiger partial charge in [-0.15, -0.1) is 0 Å². The van der Waals surface area contributed by atoms with E-state index >= 15 is 0 Å². The van der Waals surface area contributed by atoms with Crippen molar-refractivity contribution in [3.05, 3.63) is 35.4 Å². The van der Waals surface area contributed by atoms with E-state index in [1.54, 1.807) is 0 Å². The summed E-state index contributed by atoms with van der Waals surface area (Å²) in [5.41, 5.74) is 4.91. The highest BCUT2D eigenvalue weighted by Gasteiger charge is 2.15. The van der Waals surface area contributed by atoms with Crippen molar-refractivity contribution in [2.45, 2.75) is 12.7 Å². The second-order valence-electron chi connectivity index (χ2n) is 2.68. The maximum absolute atomic E-state index is 5.31. The van der Waals surface area contributed by atoms with Crippen molar-refractivity contribution in [2.24, 2.45) is 16.1 Å². The summed E-state index contributed by atoms with van der Waals surface area (Å²) in [7, 11) is 0. The molecule has 0 amide bonds. The Labute approximate surface area is 70.5 Å². The minimum atomic E-state index is -0.171. The largest absolute Gasteiger partial charge is 0.269 e. The van der Waals surface area contributed by atoms with Crippen LogP contribution in [0.1, 0.15) is 17.3 Å². The first kappa shape index (κ1) is 7.39. The minimum Gasteiger partial charge on any atom is -0.269 e. The van der Waals surface area contributed by atoms with Crippen molar-refractivity contribution in [3.8, 4) is 0 Å². The van der Waals surface area contributed by atoms with Crippen LogP contribution in [-0.4, -0.2) is 0 Å². The van der Waals surface area contributed by atoms with E-state index in [1.165, 1.54) is 5.56 Å². The first-order chi connectivity index (χ1) is 5.92. The summed E-state index contributed by atoms with van der Waals surface area (Å²) >= 11 is 0. The highest BCUT2D eigenvalue weighted by atomic mass is 15.3. The van der Waals surface area contributed by atoms with Crippen LogP contribution in [-0.2, 0) is 6.54 Å². The van der Waals surface area contributed by atoms with E-state index < -0.39 is 0 Å². The van der Waals surface area contributed by atoms with Crippen LogP contribution >= 0.6 is 0 Å². The Bertz CT molecular complexity index is 308. The van der Waals surface area contributed by atoms with Gasteiger partial charge in [0.15, 0.2) is 6.17 Å². The van der Waals surface area contributed by atoms with Gasteiger partial charge >= 0.3 is 0 Å². The summed E-state index contributed by atoms with van der Waals surface area (Å²) in [4.78, 5) is 0. The molecule has 12 heavy (non-hydrogen) atoms. The fourth-order valence-corrected chi connectivity index (χ4v) is 1.33. The molecule has 1 heterocycles. The standard InChI is InChI=1S/C8H10N4/c9-11-8-7-4-2-1-3-6(7)5-10-12-8/h1-4,8,11H,5,9H2. The van der Waals surface area contributed by atoms with Crippen molar-refractivity contribution >= 4 is 0 Å². The zero-order valence-corrected chi connectivity index (χ0v) is 6.57. The van der Waals surface area contributed by atoms with Gasteiger partial charge in [0.05, 0.1) is 6.54 Å². The van der Waals surface area contributed by atoms with Gasteiger partial charge in [0.25, 0.3) is 0 Å². The fraction of sp³-hybridized carbons (Fsp3) is 0.250. The first-order valence-corrected chi connectivity index (χ1v) is 3.82. The van der Waals surface area contributed by atoms with Gasteiger partial charge in [-0.05, 0) is 11.1 Å². The van der Waals surface area contributed by atoms with Crippen LogP contribution in [0.15, 0.2) is 34.5 Å². The number of benzene rings is 1. The highest BCUT2D eigenvalue weighted by Crippen LogP contribution is 2.23. The summed E-state index contributed by atoms with van der Waals surface area (Å²) in [5.74, 6) is 5.31. The van der Waals surface area contributed by atoms with Gasteiger partial charge in [-0.2, -0.15) is 10.2 Å². The number of rotatable bonds is 1. The molecule has 1 aliphatic heterocycles. The molecule has 0 bridgehead atoms. The second kappa shape index (κ2) is 3.00. The summed E-state index contributed by atoms with van der Waals surface area (Å²) in [5, 5.41) is 7.93. The summed E-state index contributed by atoms with van der Waals surface area (Å²) < 4.78 is 0. The smallest absolute Gasteiger partial charge is 0.159 e. The molecule has 62 valence electrons. The molecule has 1 aromatic rings. The third-order valence-electron chi connectivity index (χ3n) is 1.95. The molecule has 0 saturated heterocycles.